The molecule has 5 aromatic carbocycles. The normalized spacial score (nSPS) is 12.3. The van der Waals surface area contributed by atoms with Crippen molar-refractivity contribution in [2.45, 2.75) is 79.6 Å². The number of benzene rings is 4. The summed E-state index contributed by atoms with van der Waals surface area (Å²) in [6.45, 7) is 18.8. The van der Waals surface area contributed by atoms with Gasteiger partial charge in [-0.05, 0) is 38.0 Å². The predicted octanol–water partition coefficient (Wildman–Crippen LogP) is 5.85. The first-order valence-electron chi connectivity index (χ1n) is 15.9. The fraction of sp³-hybridized carbons (Fsp3) is 0.286. The second-order valence-electron chi connectivity index (χ2n) is 13.0. The van der Waals surface area contributed by atoms with Gasteiger partial charge >= 0.3 is 99.2 Å². The van der Waals surface area contributed by atoms with Gasteiger partial charge < -0.3 is 24.8 Å². The van der Waals surface area contributed by atoms with Crippen LogP contribution in [0.1, 0.15) is 110 Å². The molecule has 0 bridgehead atoms. The van der Waals surface area contributed by atoms with E-state index in [-0.39, 0.29) is 24.8 Å². The van der Waals surface area contributed by atoms with Gasteiger partial charge in [-0.1, -0.05) is 105 Å². The van der Waals surface area contributed by atoms with E-state index in [4.69, 9.17) is 0 Å². The molecular weight excluding hydrogens is 667 g/mol. The second-order valence-corrected chi connectivity index (χ2v) is 14.2. The van der Waals surface area contributed by atoms with Crippen LogP contribution in [-0.2, 0) is 24.2 Å². The van der Waals surface area contributed by atoms with Gasteiger partial charge in [0.15, 0.2) is 0 Å². The summed E-state index contributed by atoms with van der Waals surface area (Å²) < 4.78 is 1.42. The summed E-state index contributed by atoms with van der Waals surface area (Å²) in [4.78, 5) is 0. The fourth-order valence-electron chi connectivity index (χ4n) is 6.98. The summed E-state index contributed by atoms with van der Waals surface area (Å²) in [6.07, 6.45) is 7.88. The first kappa shape index (κ1) is 37.0. The molecule has 0 amide bonds. The van der Waals surface area contributed by atoms with Crippen molar-refractivity contribution in [1.82, 2.24) is 0 Å². The number of hydrogen-bond donors (Lipinski definition) is 0. The Morgan fingerprint density at radius 2 is 1.27 bits per heavy atom. The van der Waals surface area contributed by atoms with Crippen molar-refractivity contribution < 1.29 is 49.0 Å². The number of hydrogen-bond acceptors (Lipinski definition) is 0. The topological polar surface area (TPSA) is 0 Å². The third kappa shape index (κ3) is 7.59. The van der Waals surface area contributed by atoms with Crippen molar-refractivity contribution in [2.24, 2.45) is 0 Å². The quantitative estimate of drug-likeness (QED) is 0.194. The van der Waals surface area contributed by atoms with Gasteiger partial charge in [0.2, 0.25) is 0 Å². The summed E-state index contributed by atoms with van der Waals surface area (Å²) in [7, 11) is 0. The molecular formula is C42H45Cl2Zr-. The fourth-order valence-corrected chi connectivity index (χ4v) is 7.80. The molecule has 0 atom stereocenters. The summed E-state index contributed by atoms with van der Waals surface area (Å²) >= 11 is 1.46. The predicted molar refractivity (Wildman–Crippen MR) is 187 cm³/mol. The van der Waals surface area contributed by atoms with E-state index in [0.29, 0.717) is 17.8 Å². The Morgan fingerprint density at radius 3 is 1.73 bits per heavy atom. The summed E-state index contributed by atoms with van der Waals surface area (Å²) in [5.74, 6) is 1.54. The molecule has 1 aliphatic carbocycles. The number of allylic oxidation sites excluding steroid dienone is 4. The maximum atomic E-state index is 2.49. The van der Waals surface area contributed by atoms with Gasteiger partial charge in [0.05, 0.1) is 0 Å². The molecule has 0 fully saturated rings. The van der Waals surface area contributed by atoms with E-state index < -0.39 is 0 Å². The SMILES string of the molecule is Cc1cc(C(C)C)c2c(c1)[cH-]c1c(C3=CC=CC3)c(C)c(C(C)C)c(C(C)C)c12.[Cl-].[Cl-].[Zr+2]=[C](c1ccccc1)c1ccccc1. The van der Waals surface area contributed by atoms with E-state index >= 15 is 0 Å². The van der Waals surface area contributed by atoms with Gasteiger partial charge in [-0.25, -0.2) is 0 Å². The van der Waals surface area contributed by atoms with Gasteiger partial charge in [0, 0.05) is 0 Å². The van der Waals surface area contributed by atoms with E-state index in [0.717, 1.165) is 6.42 Å². The minimum absolute atomic E-state index is 0. The Morgan fingerprint density at radius 1 is 0.711 bits per heavy atom. The van der Waals surface area contributed by atoms with E-state index in [9.17, 15) is 0 Å². The number of halogens is 2. The molecule has 0 saturated heterocycles. The third-order valence-electron chi connectivity index (χ3n) is 8.76. The van der Waals surface area contributed by atoms with Crippen molar-refractivity contribution in [3.05, 3.63) is 142 Å². The van der Waals surface area contributed by atoms with Gasteiger partial charge in [-0.2, -0.15) is 0 Å². The van der Waals surface area contributed by atoms with Gasteiger partial charge in [0.25, 0.3) is 0 Å². The van der Waals surface area contributed by atoms with Crippen LogP contribution in [0.5, 0.6) is 0 Å². The van der Waals surface area contributed by atoms with Crippen molar-refractivity contribution in [3.63, 3.8) is 0 Å². The molecule has 232 valence electrons. The Labute approximate surface area is 298 Å². The van der Waals surface area contributed by atoms with Crippen molar-refractivity contribution in [1.29, 1.82) is 0 Å². The van der Waals surface area contributed by atoms with Crippen LogP contribution in [-0.4, -0.2) is 3.21 Å². The maximum absolute atomic E-state index is 2.49. The molecule has 1 aliphatic rings. The first-order chi connectivity index (χ1) is 20.6. The van der Waals surface area contributed by atoms with E-state index in [1.54, 1.807) is 11.1 Å². The molecule has 0 aromatic heterocycles. The van der Waals surface area contributed by atoms with Crippen LogP contribution in [0.4, 0.5) is 0 Å². The van der Waals surface area contributed by atoms with Crippen LogP contribution in [0.15, 0.2) is 97.1 Å². The standard InChI is InChI=1S/C29H35.C13H10.2ClH.Zr/c1-16(2)23-14-19(7)13-22-15-24-27(21-11-9-10-12-21)20(8)25(17(3)4)26(18(5)6)29(24)28(22)23;1-3-7-12(8-4-1)11-13-9-5-2-6-10-13;;;/h9-11,13-18H,12H2,1-8H3;1-10H;2*1H;/q-1;;;;+2/p-2. The number of aryl methyl sites for hydroxylation is 1. The van der Waals surface area contributed by atoms with E-state index in [1.807, 2.05) is 0 Å². The van der Waals surface area contributed by atoms with Crippen molar-refractivity contribution in [3.8, 4) is 0 Å². The van der Waals surface area contributed by atoms with E-state index in [2.05, 4.69) is 152 Å². The molecule has 45 heavy (non-hydrogen) atoms. The zero-order chi connectivity index (χ0) is 30.8. The third-order valence-corrected chi connectivity index (χ3v) is 10.2. The Bertz CT molecular complexity index is 1790. The molecule has 0 nitrogen and oxygen atoms in total. The van der Waals surface area contributed by atoms with Crippen LogP contribution in [0.2, 0.25) is 0 Å². The number of fused-ring (bicyclic) bond motifs is 3. The molecule has 0 N–H and O–H groups in total. The summed E-state index contributed by atoms with van der Waals surface area (Å²) in [5, 5.41) is 5.90. The molecule has 0 saturated carbocycles. The van der Waals surface area contributed by atoms with Gasteiger partial charge in [-0.3, -0.25) is 0 Å². The molecule has 0 unspecified atom stereocenters. The molecule has 0 spiro atoms. The Hall–Kier alpha value is -2.44. The van der Waals surface area contributed by atoms with Gasteiger partial charge in [0.1, 0.15) is 0 Å². The Balaban J connectivity index is 0.000000292. The summed E-state index contributed by atoms with van der Waals surface area (Å²) in [5.41, 5.74) is 13.1. The zero-order valence-electron chi connectivity index (χ0n) is 27.9. The van der Waals surface area contributed by atoms with Crippen LogP contribution < -0.4 is 24.8 Å². The van der Waals surface area contributed by atoms with Crippen LogP contribution in [0, 0.1) is 13.8 Å². The zero-order valence-corrected chi connectivity index (χ0v) is 31.9. The average molecular weight is 712 g/mol. The Kier molecular flexibility index (Phi) is 13.1. The molecule has 0 heterocycles. The second kappa shape index (κ2) is 15.9. The number of rotatable bonds is 6. The van der Waals surface area contributed by atoms with Gasteiger partial charge in [-0.15, -0.1) is 33.7 Å². The monoisotopic (exact) mass is 709 g/mol. The molecule has 6 rings (SSSR count). The molecule has 5 aromatic rings. The average Bonchev–Trinajstić information content (AvgIpc) is 3.65. The molecule has 0 aliphatic heterocycles. The van der Waals surface area contributed by atoms with E-state index in [1.165, 1.54) is 87.9 Å². The van der Waals surface area contributed by atoms with Crippen LogP contribution >= 0.6 is 0 Å². The van der Waals surface area contributed by atoms with Crippen LogP contribution in [0.3, 0.4) is 0 Å². The minimum atomic E-state index is 0. The van der Waals surface area contributed by atoms with Crippen molar-refractivity contribution >= 4 is 30.3 Å². The van der Waals surface area contributed by atoms with Crippen molar-refractivity contribution in [2.75, 3.05) is 0 Å². The van der Waals surface area contributed by atoms with Crippen LogP contribution in [0.25, 0.3) is 27.1 Å². The first-order valence-corrected chi connectivity index (χ1v) is 17.1. The molecule has 0 radical (unpaired) electrons. The molecule has 3 heteroatoms. The summed E-state index contributed by atoms with van der Waals surface area (Å²) in [6, 6.07) is 28.4.